The fraction of sp³-hybridized carbons (Fsp3) is 0.600. The van der Waals surface area contributed by atoms with E-state index >= 15 is 0 Å². The van der Waals surface area contributed by atoms with Crippen molar-refractivity contribution in [2.24, 2.45) is 11.7 Å². The number of benzene rings is 1. The number of anilines is 1. The fourth-order valence-electron chi connectivity index (χ4n) is 3.19. The molecule has 0 bridgehead atoms. The van der Waals surface area contributed by atoms with Crippen LogP contribution in [-0.2, 0) is 9.53 Å². The van der Waals surface area contributed by atoms with Crippen LogP contribution in [0.1, 0.15) is 37.0 Å². The number of hydrogen-bond acceptors (Lipinski definition) is 5. The lowest BCUT2D eigenvalue weighted by atomic mass is 9.92. The molecule has 1 aromatic carbocycles. The van der Waals surface area contributed by atoms with Crippen molar-refractivity contribution in [3.63, 3.8) is 0 Å². The van der Waals surface area contributed by atoms with Gasteiger partial charge in [-0.1, -0.05) is 13.8 Å². The maximum Gasteiger partial charge on any atom is 0.251 e. The Kier molecular flexibility index (Phi) is 8.71. The molecule has 150 valence electrons. The molecule has 27 heavy (non-hydrogen) atoms. The molecule has 0 aromatic heterocycles. The van der Waals surface area contributed by atoms with E-state index in [4.69, 9.17) is 10.5 Å². The Morgan fingerprint density at radius 3 is 2.41 bits per heavy atom. The van der Waals surface area contributed by atoms with E-state index in [-0.39, 0.29) is 17.7 Å². The summed E-state index contributed by atoms with van der Waals surface area (Å²) in [5.41, 5.74) is 7.30. The molecule has 0 radical (unpaired) electrons. The molecule has 0 spiro atoms. The van der Waals surface area contributed by atoms with Gasteiger partial charge in [0.25, 0.3) is 5.91 Å². The molecule has 1 aromatic rings. The number of carbonyl (C=O) groups excluding carboxylic acids is 2. The van der Waals surface area contributed by atoms with E-state index in [9.17, 15) is 9.59 Å². The molecule has 7 nitrogen and oxygen atoms in total. The number of amides is 2. The number of ether oxygens (including phenoxy) is 1. The Morgan fingerprint density at radius 1 is 1.19 bits per heavy atom. The summed E-state index contributed by atoms with van der Waals surface area (Å²) >= 11 is 0. The van der Waals surface area contributed by atoms with Gasteiger partial charge in [-0.3, -0.25) is 9.59 Å². The van der Waals surface area contributed by atoms with E-state index in [0.717, 1.165) is 32.5 Å². The van der Waals surface area contributed by atoms with E-state index in [1.165, 1.54) is 0 Å². The van der Waals surface area contributed by atoms with Gasteiger partial charge >= 0.3 is 0 Å². The monoisotopic (exact) mass is 376 g/mol. The van der Waals surface area contributed by atoms with Gasteiger partial charge in [-0.2, -0.15) is 0 Å². The lowest BCUT2D eigenvalue weighted by Crippen LogP contribution is -2.44. The van der Waals surface area contributed by atoms with Gasteiger partial charge in [0.2, 0.25) is 5.91 Å². The summed E-state index contributed by atoms with van der Waals surface area (Å²) in [5.74, 6) is -0.160. The maximum absolute atomic E-state index is 12.3. The molecule has 1 aliphatic heterocycles. The third-order valence-electron chi connectivity index (χ3n) is 5.10. The summed E-state index contributed by atoms with van der Waals surface area (Å²) in [4.78, 5) is 26.8. The zero-order chi connectivity index (χ0) is 19.6. The quantitative estimate of drug-likeness (QED) is 0.606. The predicted molar refractivity (Wildman–Crippen MR) is 107 cm³/mol. The Morgan fingerprint density at radius 2 is 1.81 bits per heavy atom. The van der Waals surface area contributed by atoms with Crippen LogP contribution >= 0.6 is 0 Å². The minimum atomic E-state index is -0.544. The zero-order valence-corrected chi connectivity index (χ0v) is 16.4. The molecule has 7 heteroatoms. The van der Waals surface area contributed by atoms with E-state index in [0.29, 0.717) is 31.0 Å². The van der Waals surface area contributed by atoms with Gasteiger partial charge in [0, 0.05) is 37.6 Å². The van der Waals surface area contributed by atoms with Crippen LogP contribution in [0, 0.1) is 5.92 Å². The SMILES string of the molecule is CCN(CC)CCNC(=O)c1ccc(NC(=O)C(N)C2CCOCC2)cc1. The van der Waals surface area contributed by atoms with Crippen LogP contribution in [0.3, 0.4) is 0 Å². The van der Waals surface area contributed by atoms with E-state index < -0.39 is 6.04 Å². The number of nitrogens with two attached hydrogens (primary N) is 1. The van der Waals surface area contributed by atoms with Gasteiger partial charge in [0.1, 0.15) is 0 Å². The summed E-state index contributed by atoms with van der Waals surface area (Å²) in [6.07, 6.45) is 1.61. The second-order valence-electron chi connectivity index (χ2n) is 6.82. The minimum absolute atomic E-state index is 0.112. The second kappa shape index (κ2) is 11.0. The fourth-order valence-corrected chi connectivity index (χ4v) is 3.19. The number of carbonyl (C=O) groups is 2. The van der Waals surface area contributed by atoms with Crippen LogP contribution in [0.15, 0.2) is 24.3 Å². The molecule has 1 unspecified atom stereocenters. The number of rotatable bonds is 9. The second-order valence-corrected chi connectivity index (χ2v) is 6.82. The molecule has 4 N–H and O–H groups in total. The molecular formula is C20H32N4O3. The highest BCUT2D eigenvalue weighted by Gasteiger charge is 2.26. The van der Waals surface area contributed by atoms with E-state index in [2.05, 4.69) is 29.4 Å². The molecule has 1 atom stereocenters. The third kappa shape index (κ3) is 6.61. The van der Waals surface area contributed by atoms with Crippen LogP contribution in [0.2, 0.25) is 0 Å². The molecule has 1 fully saturated rings. The van der Waals surface area contributed by atoms with Crippen molar-refractivity contribution in [3.8, 4) is 0 Å². The lowest BCUT2D eigenvalue weighted by molar-refractivity contribution is -0.119. The number of nitrogens with zero attached hydrogens (tertiary/aromatic N) is 1. The molecular weight excluding hydrogens is 344 g/mol. The highest BCUT2D eigenvalue weighted by atomic mass is 16.5. The summed E-state index contributed by atoms with van der Waals surface area (Å²) < 4.78 is 5.31. The Hall–Kier alpha value is -1.96. The van der Waals surface area contributed by atoms with Gasteiger partial charge < -0.3 is 26.0 Å². The van der Waals surface area contributed by atoms with Gasteiger partial charge in [0.05, 0.1) is 6.04 Å². The third-order valence-corrected chi connectivity index (χ3v) is 5.10. The first-order valence-corrected chi connectivity index (χ1v) is 9.80. The van der Waals surface area contributed by atoms with Crippen LogP contribution in [-0.4, -0.2) is 62.1 Å². The average Bonchev–Trinajstić information content (AvgIpc) is 2.71. The lowest BCUT2D eigenvalue weighted by Gasteiger charge is -2.26. The predicted octanol–water partition coefficient (Wildman–Crippen LogP) is 1.45. The smallest absolute Gasteiger partial charge is 0.251 e. The van der Waals surface area contributed by atoms with Crippen molar-refractivity contribution in [1.29, 1.82) is 0 Å². The van der Waals surface area contributed by atoms with Crippen LogP contribution in [0.5, 0.6) is 0 Å². The minimum Gasteiger partial charge on any atom is -0.381 e. The van der Waals surface area contributed by atoms with Gasteiger partial charge in [0.15, 0.2) is 0 Å². The van der Waals surface area contributed by atoms with Crippen molar-refractivity contribution in [2.45, 2.75) is 32.7 Å². The largest absolute Gasteiger partial charge is 0.381 e. The Labute approximate surface area is 161 Å². The van der Waals surface area contributed by atoms with Crippen molar-refractivity contribution >= 4 is 17.5 Å². The average molecular weight is 377 g/mol. The number of hydrogen-bond donors (Lipinski definition) is 3. The molecule has 0 saturated carbocycles. The van der Waals surface area contributed by atoms with E-state index in [1.54, 1.807) is 24.3 Å². The summed E-state index contributed by atoms with van der Waals surface area (Å²) in [6.45, 7) is 8.90. The van der Waals surface area contributed by atoms with Crippen LogP contribution in [0.25, 0.3) is 0 Å². The molecule has 0 aliphatic carbocycles. The van der Waals surface area contributed by atoms with Gasteiger partial charge in [-0.05, 0) is 56.1 Å². The van der Waals surface area contributed by atoms with Crippen molar-refractivity contribution in [1.82, 2.24) is 10.2 Å². The van der Waals surface area contributed by atoms with Crippen LogP contribution < -0.4 is 16.4 Å². The van der Waals surface area contributed by atoms with E-state index in [1.807, 2.05) is 0 Å². The highest BCUT2D eigenvalue weighted by molar-refractivity contribution is 5.97. The Bertz CT molecular complexity index is 596. The Balaban J connectivity index is 1.81. The molecule has 2 rings (SSSR count). The number of likely N-dealkylation sites (N-methyl/N-ethyl adjacent to an activating group) is 1. The van der Waals surface area contributed by atoms with Crippen LogP contribution in [0.4, 0.5) is 5.69 Å². The topological polar surface area (TPSA) is 96.7 Å². The van der Waals surface area contributed by atoms with Gasteiger partial charge in [-0.15, -0.1) is 0 Å². The molecule has 2 amide bonds. The summed E-state index contributed by atoms with van der Waals surface area (Å²) in [6, 6.07) is 6.34. The summed E-state index contributed by atoms with van der Waals surface area (Å²) in [5, 5.41) is 5.76. The standard InChI is InChI=1S/C20H32N4O3/c1-3-24(4-2)12-11-22-19(25)16-5-7-17(8-6-16)23-20(26)18(21)15-9-13-27-14-10-15/h5-8,15,18H,3-4,9-14,21H2,1-2H3,(H,22,25)(H,23,26). The maximum atomic E-state index is 12.3. The molecule has 1 aliphatic rings. The summed E-state index contributed by atoms with van der Waals surface area (Å²) in [7, 11) is 0. The zero-order valence-electron chi connectivity index (χ0n) is 16.4. The molecule has 1 heterocycles. The normalized spacial score (nSPS) is 16.1. The first kappa shape index (κ1) is 21.3. The first-order valence-electron chi connectivity index (χ1n) is 9.80. The molecule has 1 saturated heterocycles. The highest BCUT2D eigenvalue weighted by Crippen LogP contribution is 2.19. The van der Waals surface area contributed by atoms with Crippen molar-refractivity contribution < 1.29 is 14.3 Å². The van der Waals surface area contributed by atoms with Crippen molar-refractivity contribution in [3.05, 3.63) is 29.8 Å². The first-order chi connectivity index (χ1) is 13.0. The van der Waals surface area contributed by atoms with Gasteiger partial charge in [-0.25, -0.2) is 0 Å². The van der Waals surface area contributed by atoms with Crippen molar-refractivity contribution in [2.75, 3.05) is 44.7 Å². The number of nitrogens with one attached hydrogen (secondary N) is 2.